The van der Waals surface area contributed by atoms with Gasteiger partial charge in [0.05, 0.1) is 0 Å². The van der Waals surface area contributed by atoms with Crippen molar-refractivity contribution < 1.29 is 29.3 Å². The molecule has 0 radical (unpaired) electrons. The number of benzene rings is 1. The largest absolute Gasteiger partial charge is 0.480 e. The molecule has 7 nitrogen and oxygen atoms in total. The van der Waals surface area contributed by atoms with E-state index >= 15 is 0 Å². The van der Waals surface area contributed by atoms with Crippen molar-refractivity contribution in [3.05, 3.63) is 34.7 Å². The normalized spacial score (nSPS) is 14.4. The van der Waals surface area contributed by atoms with Gasteiger partial charge in [0.25, 0.3) is 0 Å². The first-order valence-electron chi connectivity index (χ1n) is 9.49. The van der Waals surface area contributed by atoms with Crippen molar-refractivity contribution in [3.63, 3.8) is 0 Å². The zero-order chi connectivity index (χ0) is 21.0. The molecule has 0 spiro atoms. The molecule has 1 aliphatic rings. The van der Waals surface area contributed by atoms with Gasteiger partial charge in [0.15, 0.2) is 11.5 Å². The molecule has 3 N–H and O–H groups in total. The standard InChI is InChI=1S/C21H23NO6S/c1-12-17(28-11-16(23)24)19(21(26)27)29-18(12)14-8-5-9-15(10-14)22-20(25)13-6-3-2-4-7-13/h5,8-10,13H,2-4,6-7,11H2,1H3,(H,22,25)(H,23,24)(H,26,27). The van der Waals surface area contributed by atoms with Gasteiger partial charge in [0.1, 0.15) is 5.75 Å². The smallest absolute Gasteiger partial charge is 0.349 e. The fourth-order valence-corrected chi connectivity index (χ4v) is 4.66. The molecule has 2 aromatic rings. The van der Waals surface area contributed by atoms with Crippen LogP contribution >= 0.6 is 11.3 Å². The Morgan fingerprint density at radius 1 is 1.17 bits per heavy atom. The Morgan fingerprint density at radius 2 is 1.90 bits per heavy atom. The number of ether oxygens (including phenoxy) is 1. The number of rotatable bonds is 7. The highest BCUT2D eigenvalue weighted by molar-refractivity contribution is 7.18. The van der Waals surface area contributed by atoms with Crippen LogP contribution in [-0.2, 0) is 9.59 Å². The molecule has 0 atom stereocenters. The third kappa shape index (κ3) is 4.95. The van der Waals surface area contributed by atoms with Crippen LogP contribution in [0.3, 0.4) is 0 Å². The fraction of sp³-hybridized carbons (Fsp3) is 0.381. The molecule has 29 heavy (non-hydrogen) atoms. The van der Waals surface area contributed by atoms with E-state index in [1.165, 1.54) is 6.42 Å². The number of carbonyl (C=O) groups is 3. The van der Waals surface area contributed by atoms with E-state index in [4.69, 9.17) is 9.84 Å². The molecule has 154 valence electrons. The summed E-state index contributed by atoms with van der Waals surface area (Å²) in [6.07, 6.45) is 5.13. The van der Waals surface area contributed by atoms with Gasteiger partial charge in [0, 0.05) is 22.0 Å². The topological polar surface area (TPSA) is 113 Å². The SMILES string of the molecule is Cc1c(-c2cccc(NC(=O)C3CCCCC3)c2)sc(C(=O)O)c1OCC(=O)O. The summed E-state index contributed by atoms with van der Waals surface area (Å²) >= 11 is 1.02. The maximum atomic E-state index is 12.5. The van der Waals surface area contributed by atoms with Crippen LogP contribution in [0.5, 0.6) is 5.75 Å². The molecular formula is C21H23NO6S. The minimum Gasteiger partial charge on any atom is -0.480 e. The van der Waals surface area contributed by atoms with Gasteiger partial charge in [-0.2, -0.15) is 0 Å². The van der Waals surface area contributed by atoms with Crippen molar-refractivity contribution in [2.45, 2.75) is 39.0 Å². The summed E-state index contributed by atoms with van der Waals surface area (Å²) in [5.74, 6) is -2.24. The molecule has 1 aliphatic carbocycles. The van der Waals surface area contributed by atoms with E-state index in [2.05, 4.69) is 5.32 Å². The lowest BCUT2D eigenvalue weighted by molar-refractivity contribution is -0.139. The van der Waals surface area contributed by atoms with Gasteiger partial charge in [-0.1, -0.05) is 31.4 Å². The van der Waals surface area contributed by atoms with Crippen molar-refractivity contribution >= 4 is 34.9 Å². The zero-order valence-corrected chi connectivity index (χ0v) is 16.9. The molecule has 0 aliphatic heterocycles. The molecular weight excluding hydrogens is 394 g/mol. The monoisotopic (exact) mass is 417 g/mol. The molecule has 1 fully saturated rings. The number of carboxylic acid groups (broad SMARTS) is 2. The highest BCUT2D eigenvalue weighted by atomic mass is 32.1. The number of aliphatic carboxylic acids is 1. The molecule has 0 bridgehead atoms. The first-order chi connectivity index (χ1) is 13.9. The molecule has 1 amide bonds. The first kappa shape index (κ1) is 20.9. The zero-order valence-electron chi connectivity index (χ0n) is 16.1. The maximum absolute atomic E-state index is 12.5. The second-order valence-corrected chi connectivity index (χ2v) is 8.13. The molecule has 0 unspecified atom stereocenters. The summed E-state index contributed by atoms with van der Waals surface area (Å²) < 4.78 is 5.23. The summed E-state index contributed by atoms with van der Waals surface area (Å²) in [4.78, 5) is 35.5. The average Bonchev–Trinajstić information content (AvgIpc) is 3.04. The molecule has 3 rings (SSSR count). The average molecular weight is 417 g/mol. The predicted molar refractivity (Wildman–Crippen MR) is 110 cm³/mol. The lowest BCUT2D eigenvalue weighted by Gasteiger charge is -2.20. The van der Waals surface area contributed by atoms with Gasteiger partial charge < -0.3 is 20.3 Å². The Morgan fingerprint density at radius 3 is 2.55 bits per heavy atom. The van der Waals surface area contributed by atoms with E-state index in [0.717, 1.165) is 42.6 Å². The van der Waals surface area contributed by atoms with Crippen LogP contribution in [0, 0.1) is 12.8 Å². The van der Waals surface area contributed by atoms with Crippen LogP contribution in [0.15, 0.2) is 24.3 Å². The van der Waals surface area contributed by atoms with Crippen molar-refractivity contribution in [1.29, 1.82) is 0 Å². The Hall–Kier alpha value is -2.87. The minimum atomic E-state index is -1.18. The Bertz CT molecular complexity index is 929. The van der Waals surface area contributed by atoms with Gasteiger partial charge in [-0.25, -0.2) is 9.59 Å². The lowest BCUT2D eigenvalue weighted by atomic mass is 9.88. The van der Waals surface area contributed by atoms with E-state index < -0.39 is 18.5 Å². The van der Waals surface area contributed by atoms with Gasteiger partial charge in [0.2, 0.25) is 5.91 Å². The van der Waals surface area contributed by atoms with Crippen molar-refractivity contribution in [2.75, 3.05) is 11.9 Å². The molecule has 1 aromatic carbocycles. The number of hydrogen-bond donors (Lipinski definition) is 3. The van der Waals surface area contributed by atoms with Gasteiger partial charge in [-0.05, 0) is 37.5 Å². The molecule has 8 heteroatoms. The predicted octanol–water partition coefficient (Wildman–Crippen LogP) is 4.40. The third-order valence-electron chi connectivity index (χ3n) is 4.99. The second kappa shape index (κ2) is 9.09. The van der Waals surface area contributed by atoms with Gasteiger partial charge >= 0.3 is 11.9 Å². The number of hydrogen-bond acceptors (Lipinski definition) is 5. The van der Waals surface area contributed by atoms with E-state index in [0.29, 0.717) is 16.1 Å². The van der Waals surface area contributed by atoms with Crippen LogP contribution in [0.1, 0.15) is 47.3 Å². The van der Waals surface area contributed by atoms with Gasteiger partial charge in [-0.3, -0.25) is 4.79 Å². The summed E-state index contributed by atoms with van der Waals surface area (Å²) in [5, 5.41) is 21.3. The summed E-state index contributed by atoms with van der Waals surface area (Å²) in [7, 11) is 0. The van der Waals surface area contributed by atoms with Crippen molar-refractivity contribution in [3.8, 4) is 16.2 Å². The molecule has 1 saturated carbocycles. The van der Waals surface area contributed by atoms with E-state index in [1.807, 2.05) is 6.07 Å². The first-order valence-corrected chi connectivity index (χ1v) is 10.3. The second-order valence-electron chi connectivity index (χ2n) is 7.11. The maximum Gasteiger partial charge on any atom is 0.349 e. The van der Waals surface area contributed by atoms with Crippen molar-refractivity contribution in [1.82, 2.24) is 0 Å². The Labute approximate surface area is 172 Å². The van der Waals surface area contributed by atoms with Gasteiger partial charge in [-0.15, -0.1) is 11.3 Å². The molecule has 1 aromatic heterocycles. The Kier molecular flexibility index (Phi) is 6.53. The van der Waals surface area contributed by atoms with E-state index in [-0.39, 0.29) is 22.5 Å². The lowest BCUT2D eigenvalue weighted by Crippen LogP contribution is -2.24. The van der Waals surface area contributed by atoms with E-state index in [9.17, 15) is 19.5 Å². The number of nitrogens with one attached hydrogen (secondary N) is 1. The summed E-state index contributed by atoms with van der Waals surface area (Å²) in [6.45, 7) is 1.08. The van der Waals surface area contributed by atoms with E-state index in [1.54, 1.807) is 25.1 Å². The highest BCUT2D eigenvalue weighted by Gasteiger charge is 2.24. The van der Waals surface area contributed by atoms with Crippen LogP contribution in [0.25, 0.3) is 10.4 Å². The van der Waals surface area contributed by atoms with Crippen LogP contribution in [-0.4, -0.2) is 34.7 Å². The number of amides is 1. The minimum absolute atomic E-state index is 0.0152. The quantitative estimate of drug-likeness (QED) is 0.615. The summed E-state index contributed by atoms with van der Waals surface area (Å²) in [5.41, 5.74) is 1.95. The number of carbonyl (C=O) groups excluding carboxylic acids is 1. The highest BCUT2D eigenvalue weighted by Crippen LogP contribution is 2.42. The van der Waals surface area contributed by atoms with Crippen LogP contribution < -0.4 is 10.1 Å². The van der Waals surface area contributed by atoms with Crippen LogP contribution in [0.4, 0.5) is 5.69 Å². The Balaban J connectivity index is 1.86. The third-order valence-corrected chi connectivity index (χ3v) is 6.30. The van der Waals surface area contributed by atoms with Crippen LogP contribution in [0.2, 0.25) is 0 Å². The number of aromatic carboxylic acids is 1. The molecule has 1 heterocycles. The fourth-order valence-electron chi connectivity index (χ4n) is 3.57. The van der Waals surface area contributed by atoms with Crippen molar-refractivity contribution in [2.24, 2.45) is 5.92 Å². The molecule has 0 saturated heterocycles. The number of thiophene rings is 1. The summed E-state index contributed by atoms with van der Waals surface area (Å²) in [6, 6.07) is 7.21. The number of anilines is 1. The number of carboxylic acids is 2.